The smallest absolute Gasteiger partial charge is 0.263 e. The lowest BCUT2D eigenvalue weighted by atomic mass is 9.91. The Morgan fingerprint density at radius 3 is 2.91 bits per heavy atom. The van der Waals surface area contributed by atoms with Gasteiger partial charge in [0.25, 0.3) is 5.91 Å². The van der Waals surface area contributed by atoms with Gasteiger partial charge in [0.05, 0.1) is 29.3 Å². The van der Waals surface area contributed by atoms with E-state index in [0.717, 1.165) is 11.3 Å². The molecule has 5 rings (SSSR count). The number of carbonyl (C=O) groups is 1. The second-order valence-electron chi connectivity index (χ2n) is 9.59. The topological polar surface area (TPSA) is 132 Å². The maximum Gasteiger partial charge on any atom is 0.263 e. The van der Waals surface area contributed by atoms with Crippen LogP contribution in [0.25, 0.3) is 10.2 Å². The van der Waals surface area contributed by atoms with Crippen LogP contribution >= 0.6 is 11.3 Å². The van der Waals surface area contributed by atoms with Gasteiger partial charge in [0.15, 0.2) is 11.6 Å². The molecule has 3 aromatic rings. The Hall–Kier alpha value is -2.89. The molecule has 4 heterocycles. The number of anilines is 2. The summed E-state index contributed by atoms with van der Waals surface area (Å²) in [6.07, 6.45) is 3.41. The molecule has 0 saturated carbocycles. The third-order valence-electron chi connectivity index (χ3n) is 6.53. The molecule has 186 valence electrons. The minimum absolute atomic E-state index is 0.0550. The number of halogens is 1. The van der Waals surface area contributed by atoms with Crippen LogP contribution in [0.2, 0.25) is 0 Å². The second-order valence-corrected chi connectivity index (χ2v) is 10.6. The van der Waals surface area contributed by atoms with Crippen molar-refractivity contribution in [2.24, 2.45) is 5.73 Å². The molecule has 35 heavy (non-hydrogen) atoms. The molecule has 1 amide bonds. The first-order chi connectivity index (χ1) is 16.7. The average molecular weight is 500 g/mol. The Labute approximate surface area is 207 Å². The third kappa shape index (κ3) is 4.67. The van der Waals surface area contributed by atoms with Gasteiger partial charge in [-0.1, -0.05) is 0 Å². The number of pyridine rings is 1. The molecule has 3 atom stereocenters. The van der Waals surface area contributed by atoms with Crippen molar-refractivity contribution in [2.75, 3.05) is 23.7 Å². The van der Waals surface area contributed by atoms with Gasteiger partial charge in [-0.05, 0) is 51.7 Å². The standard InChI is InChI=1S/C24H30FN7O2S/c1-11(2)34-19-10-32(9-17(19)26)22-16(25)7-13-6-14(4-5-18(13)31-22)30-23(33)21-20(27)15-8-28-12(3)29-24(15)35-21/h7-8,11,14,17,19H,4-6,9-10,26-27H2,1-3H3,(H,30,33). The summed E-state index contributed by atoms with van der Waals surface area (Å²) < 4.78 is 21.0. The Balaban J connectivity index is 1.29. The minimum atomic E-state index is -0.379. The fourth-order valence-corrected chi connectivity index (χ4v) is 5.86. The number of nitrogens with one attached hydrogen (secondary N) is 1. The monoisotopic (exact) mass is 499 g/mol. The van der Waals surface area contributed by atoms with Crippen molar-refractivity contribution in [3.05, 3.63) is 40.0 Å². The zero-order chi connectivity index (χ0) is 24.9. The highest BCUT2D eigenvalue weighted by Crippen LogP contribution is 2.33. The number of nitrogen functional groups attached to an aromatic ring is 1. The SMILES string of the molecule is Cc1ncc2c(N)c(C(=O)NC3CCc4nc(N5CC(N)C(OC(C)C)C5)c(F)cc4C3)sc2n1. The van der Waals surface area contributed by atoms with Gasteiger partial charge in [-0.25, -0.2) is 19.3 Å². The fourth-order valence-electron chi connectivity index (χ4n) is 4.84. The van der Waals surface area contributed by atoms with Crippen LogP contribution in [0.5, 0.6) is 0 Å². The molecular weight excluding hydrogens is 469 g/mol. The van der Waals surface area contributed by atoms with Crippen molar-refractivity contribution in [3.63, 3.8) is 0 Å². The Bertz CT molecular complexity index is 1280. The van der Waals surface area contributed by atoms with Crippen molar-refractivity contribution in [1.82, 2.24) is 20.3 Å². The van der Waals surface area contributed by atoms with E-state index in [1.54, 1.807) is 19.2 Å². The van der Waals surface area contributed by atoms with Crippen molar-refractivity contribution in [3.8, 4) is 0 Å². The predicted octanol–water partition coefficient (Wildman–Crippen LogP) is 2.34. The van der Waals surface area contributed by atoms with Crippen LogP contribution in [0.1, 0.15) is 47.0 Å². The van der Waals surface area contributed by atoms with E-state index < -0.39 is 0 Å². The number of amides is 1. The number of thiophene rings is 1. The van der Waals surface area contributed by atoms with Crippen molar-refractivity contribution in [2.45, 2.75) is 64.3 Å². The molecule has 3 unspecified atom stereocenters. The number of carbonyl (C=O) groups excluding carboxylic acids is 1. The number of aromatic nitrogens is 3. The molecular formula is C24H30FN7O2S. The number of nitrogens with two attached hydrogens (primary N) is 2. The minimum Gasteiger partial charge on any atom is -0.397 e. The number of hydrogen-bond donors (Lipinski definition) is 3. The lowest BCUT2D eigenvalue weighted by molar-refractivity contribution is 0.0127. The summed E-state index contributed by atoms with van der Waals surface area (Å²) in [5.41, 5.74) is 14.5. The predicted molar refractivity (Wildman–Crippen MR) is 134 cm³/mol. The average Bonchev–Trinajstić information content (AvgIpc) is 3.31. The highest BCUT2D eigenvalue weighted by atomic mass is 32.1. The van der Waals surface area contributed by atoms with Crippen LogP contribution in [-0.2, 0) is 17.6 Å². The lowest BCUT2D eigenvalue weighted by Gasteiger charge is -2.27. The molecule has 0 bridgehead atoms. The van der Waals surface area contributed by atoms with Gasteiger partial charge in [-0.3, -0.25) is 4.79 Å². The van der Waals surface area contributed by atoms with Crippen molar-refractivity contribution >= 4 is 39.0 Å². The quantitative estimate of drug-likeness (QED) is 0.487. The zero-order valence-corrected chi connectivity index (χ0v) is 20.9. The van der Waals surface area contributed by atoms with Gasteiger partial charge < -0.3 is 26.4 Å². The highest BCUT2D eigenvalue weighted by molar-refractivity contribution is 7.21. The molecule has 1 aliphatic carbocycles. The van der Waals surface area contributed by atoms with Gasteiger partial charge in [-0.2, -0.15) is 0 Å². The highest BCUT2D eigenvalue weighted by Gasteiger charge is 2.34. The first kappa shape index (κ1) is 23.8. The summed E-state index contributed by atoms with van der Waals surface area (Å²) in [7, 11) is 0. The summed E-state index contributed by atoms with van der Waals surface area (Å²) in [5.74, 6) is 0.327. The summed E-state index contributed by atoms with van der Waals surface area (Å²) in [5, 5.41) is 3.74. The zero-order valence-electron chi connectivity index (χ0n) is 20.0. The van der Waals surface area contributed by atoms with E-state index in [0.29, 0.717) is 64.8 Å². The number of nitrogens with zero attached hydrogens (tertiary/aromatic N) is 4. The van der Waals surface area contributed by atoms with E-state index in [4.69, 9.17) is 16.2 Å². The third-order valence-corrected chi connectivity index (χ3v) is 7.64. The molecule has 1 aliphatic heterocycles. The summed E-state index contributed by atoms with van der Waals surface area (Å²) in [6.45, 7) is 6.74. The first-order valence-corrected chi connectivity index (χ1v) is 12.7. The first-order valence-electron chi connectivity index (χ1n) is 11.9. The summed E-state index contributed by atoms with van der Waals surface area (Å²) in [6, 6.07) is 1.22. The van der Waals surface area contributed by atoms with E-state index in [9.17, 15) is 4.79 Å². The van der Waals surface area contributed by atoms with E-state index in [2.05, 4.69) is 20.3 Å². The largest absolute Gasteiger partial charge is 0.397 e. The van der Waals surface area contributed by atoms with E-state index in [1.165, 1.54) is 11.3 Å². The van der Waals surface area contributed by atoms with Gasteiger partial charge in [0.2, 0.25) is 0 Å². The van der Waals surface area contributed by atoms with Crippen LogP contribution in [0.4, 0.5) is 15.9 Å². The number of hydrogen-bond acceptors (Lipinski definition) is 9. The van der Waals surface area contributed by atoms with E-state index >= 15 is 4.39 Å². The van der Waals surface area contributed by atoms with Crippen LogP contribution < -0.4 is 21.7 Å². The molecule has 0 aromatic carbocycles. The Morgan fingerprint density at radius 2 is 2.14 bits per heavy atom. The van der Waals surface area contributed by atoms with Crippen LogP contribution in [-0.4, -0.2) is 58.2 Å². The van der Waals surface area contributed by atoms with Crippen LogP contribution in [0, 0.1) is 12.7 Å². The van der Waals surface area contributed by atoms with Crippen LogP contribution in [0.3, 0.4) is 0 Å². The maximum absolute atomic E-state index is 15.1. The maximum atomic E-state index is 15.1. The molecule has 3 aromatic heterocycles. The molecule has 2 aliphatic rings. The van der Waals surface area contributed by atoms with Gasteiger partial charge >= 0.3 is 0 Å². The molecule has 0 spiro atoms. The van der Waals surface area contributed by atoms with Crippen LogP contribution in [0.15, 0.2) is 12.3 Å². The summed E-state index contributed by atoms with van der Waals surface area (Å²) >= 11 is 1.26. The normalized spacial score (nSPS) is 22.1. The number of rotatable bonds is 5. The molecule has 5 N–H and O–H groups in total. The van der Waals surface area contributed by atoms with Gasteiger partial charge in [0.1, 0.15) is 15.5 Å². The molecule has 11 heteroatoms. The van der Waals surface area contributed by atoms with E-state index in [-0.39, 0.29) is 36.0 Å². The fraction of sp³-hybridized carbons (Fsp3) is 0.500. The Morgan fingerprint density at radius 1 is 1.34 bits per heavy atom. The number of ether oxygens (including phenoxy) is 1. The van der Waals surface area contributed by atoms with Gasteiger partial charge in [0, 0.05) is 31.0 Å². The van der Waals surface area contributed by atoms with Gasteiger partial charge in [-0.15, -0.1) is 11.3 Å². The molecule has 9 nitrogen and oxygen atoms in total. The van der Waals surface area contributed by atoms with Crippen molar-refractivity contribution in [1.29, 1.82) is 0 Å². The molecule has 0 radical (unpaired) electrons. The summed E-state index contributed by atoms with van der Waals surface area (Å²) in [4.78, 5) is 29.2. The number of aryl methyl sites for hydroxylation is 2. The van der Waals surface area contributed by atoms with Crippen molar-refractivity contribution < 1.29 is 13.9 Å². The van der Waals surface area contributed by atoms with E-state index in [1.807, 2.05) is 18.7 Å². The second kappa shape index (κ2) is 9.29. The lowest BCUT2D eigenvalue weighted by Crippen LogP contribution is -2.39. The molecule has 1 fully saturated rings. The molecule has 1 saturated heterocycles. The Kier molecular flexibility index (Phi) is 6.32. The number of fused-ring (bicyclic) bond motifs is 2.